The summed E-state index contributed by atoms with van der Waals surface area (Å²) in [7, 11) is 3.05. The predicted molar refractivity (Wildman–Crippen MR) is 134 cm³/mol. The highest BCUT2D eigenvalue weighted by molar-refractivity contribution is 6.09. The average Bonchev–Trinajstić information content (AvgIpc) is 2.86. The first kappa shape index (κ1) is 24.9. The minimum atomic E-state index is -0.586. The Kier molecular flexibility index (Phi) is 8.46. The number of nitrogens with one attached hydrogen (secondary N) is 2. The third kappa shape index (κ3) is 7.11. The molecule has 0 aliphatic carbocycles. The molecule has 0 unspecified atom stereocenters. The Bertz CT molecular complexity index is 1280. The van der Waals surface area contributed by atoms with Crippen molar-refractivity contribution in [1.82, 2.24) is 0 Å². The zero-order chi connectivity index (χ0) is 25.2. The molecule has 35 heavy (non-hydrogen) atoms. The van der Waals surface area contributed by atoms with Gasteiger partial charge in [-0.2, -0.15) is 5.26 Å². The second-order valence-electron chi connectivity index (χ2n) is 7.46. The van der Waals surface area contributed by atoms with Gasteiger partial charge in [0.15, 0.2) is 6.61 Å². The van der Waals surface area contributed by atoms with Gasteiger partial charge < -0.3 is 24.8 Å². The van der Waals surface area contributed by atoms with Crippen molar-refractivity contribution in [2.45, 2.75) is 6.92 Å². The molecule has 0 aromatic heterocycles. The van der Waals surface area contributed by atoms with Gasteiger partial charge in [0.1, 0.15) is 28.9 Å². The van der Waals surface area contributed by atoms with E-state index in [9.17, 15) is 14.9 Å². The molecule has 3 aromatic rings. The van der Waals surface area contributed by atoms with Crippen LogP contribution < -0.4 is 24.8 Å². The topological polar surface area (TPSA) is 110 Å². The average molecular weight is 472 g/mol. The molecular weight excluding hydrogens is 446 g/mol. The van der Waals surface area contributed by atoms with Crippen molar-refractivity contribution in [3.63, 3.8) is 0 Å². The van der Waals surface area contributed by atoms with Crippen LogP contribution in [-0.2, 0) is 9.59 Å². The van der Waals surface area contributed by atoms with Gasteiger partial charge in [0.25, 0.3) is 11.8 Å². The Balaban J connectivity index is 1.76. The van der Waals surface area contributed by atoms with Gasteiger partial charge in [-0.25, -0.2) is 0 Å². The van der Waals surface area contributed by atoms with Crippen molar-refractivity contribution in [3.05, 3.63) is 83.4 Å². The number of carbonyl (C=O) groups is 2. The molecule has 0 bridgehead atoms. The molecule has 0 aliphatic heterocycles. The Morgan fingerprint density at radius 2 is 1.63 bits per heavy atom. The number of anilines is 2. The summed E-state index contributed by atoms with van der Waals surface area (Å²) in [5, 5.41) is 15.0. The Morgan fingerprint density at radius 1 is 0.914 bits per heavy atom. The van der Waals surface area contributed by atoms with Crippen LogP contribution in [0.4, 0.5) is 11.4 Å². The summed E-state index contributed by atoms with van der Waals surface area (Å²) < 4.78 is 16.1. The number of methoxy groups -OCH3 is 2. The molecule has 8 nitrogen and oxygen atoms in total. The zero-order valence-electron chi connectivity index (χ0n) is 19.6. The number of hydrogen-bond donors (Lipinski definition) is 2. The second-order valence-corrected chi connectivity index (χ2v) is 7.46. The first-order chi connectivity index (χ1) is 16.9. The van der Waals surface area contributed by atoms with Crippen LogP contribution in [0.3, 0.4) is 0 Å². The van der Waals surface area contributed by atoms with Crippen molar-refractivity contribution in [1.29, 1.82) is 5.26 Å². The molecule has 0 fully saturated rings. The van der Waals surface area contributed by atoms with E-state index in [0.717, 1.165) is 5.56 Å². The van der Waals surface area contributed by atoms with E-state index in [2.05, 4.69) is 10.6 Å². The number of nitriles is 1. The maximum absolute atomic E-state index is 12.7. The maximum Gasteiger partial charge on any atom is 0.266 e. The van der Waals surface area contributed by atoms with Crippen molar-refractivity contribution in [3.8, 4) is 23.3 Å². The van der Waals surface area contributed by atoms with Gasteiger partial charge >= 0.3 is 0 Å². The summed E-state index contributed by atoms with van der Waals surface area (Å²) in [5.41, 5.74) is 2.49. The van der Waals surface area contributed by atoms with Gasteiger partial charge in [0.05, 0.1) is 14.2 Å². The largest absolute Gasteiger partial charge is 0.497 e. The molecule has 0 saturated carbocycles. The fourth-order valence-corrected chi connectivity index (χ4v) is 3.13. The van der Waals surface area contributed by atoms with E-state index in [0.29, 0.717) is 28.4 Å². The molecule has 0 atom stereocenters. The molecule has 178 valence electrons. The SMILES string of the molecule is COc1ccc(NC(=O)/C(C#N)=C/c2ccc(OC)cc2OCC(=O)Nc2cccc(C)c2)cc1. The molecule has 2 amide bonds. The van der Waals surface area contributed by atoms with Crippen LogP contribution in [0.25, 0.3) is 6.08 Å². The van der Waals surface area contributed by atoms with Crippen LogP contribution in [0, 0.1) is 18.3 Å². The van der Waals surface area contributed by atoms with Crippen LogP contribution in [0.15, 0.2) is 72.3 Å². The van der Waals surface area contributed by atoms with Crippen LogP contribution in [0.2, 0.25) is 0 Å². The molecule has 0 heterocycles. The third-order valence-corrected chi connectivity index (χ3v) is 4.89. The van der Waals surface area contributed by atoms with E-state index < -0.39 is 5.91 Å². The third-order valence-electron chi connectivity index (χ3n) is 4.89. The lowest BCUT2D eigenvalue weighted by Crippen LogP contribution is -2.20. The molecule has 0 spiro atoms. The van der Waals surface area contributed by atoms with Crippen LogP contribution >= 0.6 is 0 Å². The highest BCUT2D eigenvalue weighted by atomic mass is 16.5. The van der Waals surface area contributed by atoms with E-state index in [4.69, 9.17) is 14.2 Å². The maximum atomic E-state index is 12.7. The predicted octanol–water partition coefficient (Wildman–Crippen LogP) is 4.58. The number of aryl methyl sites for hydroxylation is 1. The summed E-state index contributed by atoms with van der Waals surface area (Å²) in [6.45, 7) is 1.65. The molecule has 3 aromatic carbocycles. The Hall–Kier alpha value is -4.77. The number of nitrogens with zero attached hydrogens (tertiary/aromatic N) is 1. The summed E-state index contributed by atoms with van der Waals surface area (Å²) in [6, 6.07) is 20.9. The summed E-state index contributed by atoms with van der Waals surface area (Å²) >= 11 is 0. The lowest BCUT2D eigenvalue weighted by atomic mass is 10.1. The van der Waals surface area contributed by atoms with E-state index in [1.807, 2.05) is 31.2 Å². The second kappa shape index (κ2) is 11.9. The monoisotopic (exact) mass is 471 g/mol. The Labute approximate surface area is 203 Å². The van der Waals surface area contributed by atoms with Gasteiger partial charge in [-0.05, 0) is 67.1 Å². The highest BCUT2D eigenvalue weighted by Gasteiger charge is 2.13. The molecule has 2 N–H and O–H groups in total. The van der Waals surface area contributed by atoms with Crippen molar-refractivity contribution >= 4 is 29.3 Å². The number of rotatable bonds is 9. The van der Waals surface area contributed by atoms with Gasteiger partial charge in [-0.3, -0.25) is 9.59 Å². The van der Waals surface area contributed by atoms with E-state index in [-0.39, 0.29) is 23.8 Å². The zero-order valence-corrected chi connectivity index (χ0v) is 19.6. The van der Waals surface area contributed by atoms with Gasteiger partial charge in [-0.1, -0.05) is 12.1 Å². The van der Waals surface area contributed by atoms with E-state index in [1.165, 1.54) is 13.2 Å². The fourth-order valence-electron chi connectivity index (χ4n) is 3.13. The normalized spacial score (nSPS) is 10.6. The van der Waals surface area contributed by atoms with Crippen LogP contribution in [0.5, 0.6) is 17.2 Å². The first-order valence-electron chi connectivity index (χ1n) is 10.7. The van der Waals surface area contributed by atoms with E-state index in [1.54, 1.807) is 55.6 Å². The number of carbonyl (C=O) groups excluding carboxylic acids is 2. The van der Waals surface area contributed by atoms with Crippen molar-refractivity contribution in [2.75, 3.05) is 31.5 Å². The van der Waals surface area contributed by atoms with Crippen molar-refractivity contribution in [2.24, 2.45) is 0 Å². The summed E-state index contributed by atoms with van der Waals surface area (Å²) in [6.07, 6.45) is 1.39. The number of ether oxygens (including phenoxy) is 3. The standard InChI is InChI=1S/C27H25N3O5/c1-18-5-4-6-22(13-18)29-26(31)17-35-25-15-24(34-3)10-7-19(25)14-20(16-28)27(32)30-21-8-11-23(33-2)12-9-21/h4-15H,17H2,1-3H3,(H,29,31)(H,30,32)/b20-14+. The molecule has 0 saturated heterocycles. The minimum Gasteiger partial charge on any atom is -0.497 e. The lowest BCUT2D eigenvalue weighted by Gasteiger charge is -2.12. The smallest absolute Gasteiger partial charge is 0.266 e. The summed E-state index contributed by atoms with van der Waals surface area (Å²) in [5.74, 6) is 0.486. The minimum absolute atomic E-state index is 0.139. The highest BCUT2D eigenvalue weighted by Crippen LogP contribution is 2.27. The molecule has 3 rings (SSSR count). The molecule has 0 aliphatic rings. The summed E-state index contributed by atoms with van der Waals surface area (Å²) in [4.78, 5) is 25.1. The van der Waals surface area contributed by atoms with Gasteiger partial charge in [0, 0.05) is 23.0 Å². The quantitative estimate of drug-likeness (QED) is 0.349. The van der Waals surface area contributed by atoms with Gasteiger partial charge in [-0.15, -0.1) is 0 Å². The number of hydrogen-bond acceptors (Lipinski definition) is 6. The van der Waals surface area contributed by atoms with Gasteiger partial charge in [0.2, 0.25) is 0 Å². The molecule has 0 radical (unpaired) electrons. The van der Waals surface area contributed by atoms with E-state index >= 15 is 0 Å². The lowest BCUT2D eigenvalue weighted by molar-refractivity contribution is -0.118. The number of amides is 2. The Morgan fingerprint density at radius 3 is 2.29 bits per heavy atom. The first-order valence-corrected chi connectivity index (χ1v) is 10.7. The number of benzene rings is 3. The fraction of sp³-hybridized carbons (Fsp3) is 0.148. The van der Waals surface area contributed by atoms with Crippen LogP contribution in [-0.4, -0.2) is 32.6 Å². The van der Waals surface area contributed by atoms with Crippen molar-refractivity contribution < 1.29 is 23.8 Å². The molecular formula is C27H25N3O5. The molecule has 8 heteroatoms. The van der Waals surface area contributed by atoms with Crippen LogP contribution in [0.1, 0.15) is 11.1 Å².